The van der Waals surface area contributed by atoms with Gasteiger partial charge in [-0.2, -0.15) is 5.10 Å². The number of hydrogen-bond acceptors (Lipinski definition) is 4. The quantitative estimate of drug-likeness (QED) is 0.673. The highest BCUT2D eigenvalue weighted by molar-refractivity contribution is 5.83. The van der Waals surface area contributed by atoms with E-state index in [9.17, 15) is 4.79 Å². The molecule has 1 heterocycles. The van der Waals surface area contributed by atoms with Gasteiger partial charge < -0.3 is 4.90 Å². The van der Waals surface area contributed by atoms with Crippen molar-refractivity contribution < 1.29 is 4.79 Å². The molecule has 1 N–H and O–H groups in total. The second-order valence-corrected chi connectivity index (χ2v) is 6.30. The number of piperazine rings is 1. The molecule has 0 aromatic heterocycles. The average Bonchev–Trinajstić information content (AvgIpc) is 2.64. The zero-order valence-corrected chi connectivity index (χ0v) is 14.6. The van der Waals surface area contributed by atoms with Gasteiger partial charge in [-0.15, -0.1) is 0 Å². The summed E-state index contributed by atoms with van der Waals surface area (Å²) < 4.78 is 0. The Balaban J connectivity index is 1.42. The molecule has 0 saturated carbocycles. The predicted octanol–water partition coefficient (Wildman–Crippen LogP) is 2.27. The largest absolute Gasteiger partial charge is 0.369 e. The van der Waals surface area contributed by atoms with Crippen molar-refractivity contribution in [3.05, 3.63) is 65.7 Å². The second kappa shape index (κ2) is 8.44. The third-order valence-electron chi connectivity index (χ3n) is 4.34. The maximum atomic E-state index is 12.0. The standard InChI is InChI=1S/C20H24N4O/c1-17-7-9-19(10-8-17)24-13-11-23(12-14-24)16-20(25)22-21-15-18-5-3-2-4-6-18/h2-10,15H,11-14,16H2,1H3,(H,22,25)/b21-15+. The van der Waals surface area contributed by atoms with E-state index in [1.807, 2.05) is 30.3 Å². The van der Waals surface area contributed by atoms with Crippen molar-refractivity contribution in [2.45, 2.75) is 6.92 Å². The predicted molar refractivity (Wildman–Crippen MR) is 102 cm³/mol. The molecular formula is C20H24N4O. The lowest BCUT2D eigenvalue weighted by molar-refractivity contribution is -0.122. The van der Waals surface area contributed by atoms with E-state index in [4.69, 9.17) is 0 Å². The lowest BCUT2D eigenvalue weighted by Gasteiger charge is -2.35. The normalized spacial score (nSPS) is 15.5. The number of rotatable bonds is 5. The zero-order valence-electron chi connectivity index (χ0n) is 14.6. The van der Waals surface area contributed by atoms with Gasteiger partial charge in [0.2, 0.25) is 0 Å². The van der Waals surface area contributed by atoms with Crippen LogP contribution in [0.15, 0.2) is 59.7 Å². The van der Waals surface area contributed by atoms with Crippen LogP contribution in [0.25, 0.3) is 0 Å². The Morgan fingerprint density at radius 2 is 1.72 bits per heavy atom. The summed E-state index contributed by atoms with van der Waals surface area (Å²) in [5.41, 5.74) is 6.10. The number of anilines is 1. The monoisotopic (exact) mass is 336 g/mol. The number of hydrogen-bond donors (Lipinski definition) is 1. The van der Waals surface area contributed by atoms with Crippen LogP contribution in [0.4, 0.5) is 5.69 Å². The average molecular weight is 336 g/mol. The molecule has 2 aromatic rings. The molecule has 25 heavy (non-hydrogen) atoms. The highest BCUT2D eigenvalue weighted by atomic mass is 16.2. The van der Waals surface area contributed by atoms with Gasteiger partial charge in [-0.05, 0) is 24.6 Å². The Kier molecular flexibility index (Phi) is 5.80. The van der Waals surface area contributed by atoms with Gasteiger partial charge in [-0.25, -0.2) is 5.43 Å². The highest BCUT2D eigenvalue weighted by Gasteiger charge is 2.18. The summed E-state index contributed by atoms with van der Waals surface area (Å²) in [5.74, 6) is -0.0732. The van der Waals surface area contributed by atoms with Crippen molar-refractivity contribution in [2.75, 3.05) is 37.6 Å². The van der Waals surface area contributed by atoms with Crippen molar-refractivity contribution in [1.29, 1.82) is 0 Å². The van der Waals surface area contributed by atoms with Gasteiger partial charge in [-0.3, -0.25) is 9.69 Å². The molecule has 0 unspecified atom stereocenters. The van der Waals surface area contributed by atoms with Crippen LogP contribution in [0.2, 0.25) is 0 Å². The number of carbonyl (C=O) groups excluding carboxylic acids is 1. The number of carbonyl (C=O) groups is 1. The van der Waals surface area contributed by atoms with Crippen molar-refractivity contribution in [3.63, 3.8) is 0 Å². The van der Waals surface area contributed by atoms with Crippen LogP contribution < -0.4 is 10.3 Å². The maximum absolute atomic E-state index is 12.0. The smallest absolute Gasteiger partial charge is 0.254 e. The Bertz CT molecular complexity index is 704. The first kappa shape index (κ1) is 17.2. The molecule has 3 rings (SSSR count). The summed E-state index contributed by atoms with van der Waals surface area (Å²) in [7, 11) is 0. The molecule has 0 radical (unpaired) electrons. The molecule has 130 valence electrons. The molecule has 1 aliphatic heterocycles. The first-order valence-electron chi connectivity index (χ1n) is 8.61. The summed E-state index contributed by atoms with van der Waals surface area (Å²) in [4.78, 5) is 16.5. The third kappa shape index (κ3) is 5.16. The maximum Gasteiger partial charge on any atom is 0.254 e. The van der Waals surface area contributed by atoms with E-state index in [1.165, 1.54) is 11.3 Å². The van der Waals surface area contributed by atoms with Gasteiger partial charge in [0.1, 0.15) is 0 Å². The van der Waals surface area contributed by atoms with E-state index >= 15 is 0 Å². The van der Waals surface area contributed by atoms with Crippen LogP contribution in [0.5, 0.6) is 0 Å². The Hall–Kier alpha value is -2.66. The highest BCUT2D eigenvalue weighted by Crippen LogP contribution is 2.16. The van der Waals surface area contributed by atoms with Crippen LogP contribution in [0.1, 0.15) is 11.1 Å². The van der Waals surface area contributed by atoms with Crippen molar-refractivity contribution >= 4 is 17.8 Å². The fraction of sp³-hybridized carbons (Fsp3) is 0.300. The van der Waals surface area contributed by atoms with E-state index in [0.29, 0.717) is 6.54 Å². The molecule has 5 heteroatoms. The van der Waals surface area contributed by atoms with Gasteiger partial charge in [0.15, 0.2) is 0 Å². The van der Waals surface area contributed by atoms with Crippen molar-refractivity contribution in [1.82, 2.24) is 10.3 Å². The minimum Gasteiger partial charge on any atom is -0.369 e. The van der Waals surface area contributed by atoms with E-state index < -0.39 is 0 Å². The number of hydrazone groups is 1. The Morgan fingerprint density at radius 3 is 2.40 bits per heavy atom. The summed E-state index contributed by atoms with van der Waals surface area (Å²) in [6.45, 7) is 6.11. The molecule has 0 spiro atoms. The summed E-state index contributed by atoms with van der Waals surface area (Å²) >= 11 is 0. The van der Waals surface area contributed by atoms with Crippen LogP contribution in [0.3, 0.4) is 0 Å². The van der Waals surface area contributed by atoms with E-state index in [-0.39, 0.29) is 5.91 Å². The SMILES string of the molecule is Cc1ccc(N2CCN(CC(=O)N/N=C/c3ccccc3)CC2)cc1. The van der Waals surface area contributed by atoms with Crippen LogP contribution in [-0.2, 0) is 4.79 Å². The van der Waals surface area contributed by atoms with Gasteiger partial charge in [0.05, 0.1) is 12.8 Å². The topological polar surface area (TPSA) is 47.9 Å². The zero-order chi connectivity index (χ0) is 17.5. The van der Waals surface area contributed by atoms with Gasteiger partial charge in [0, 0.05) is 31.9 Å². The summed E-state index contributed by atoms with van der Waals surface area (Å²) in [6, 6.07) is 18.3. The van der Waals surface area contributed by atoms with Gasteiger partial charge >= 0.3 is 0 Å². The number of aryl methyl sites for hydroxylation is 1. The third-order valence-corrected chi connectivity index (χ3v) is 4.34. The molecule has 0 aliphatic carbocycles. The molecule has 0 bridgehead atoms. The van der Waals surface area contributed by atoms with Crippen LogP contribution in [-0.4, -0.2) is 49.7 Å². The number of nitrogens with zero attached hydrogens (tertiary/aromatic N) is 3. The lowest BCUT2D eigenvalue weighted by atomic mass is 10.2. The molecule has 1 amide bonds. The van der Waals surface area contributed by atoms with E-state index in [1.54, 1.807) is 6.21 Å². The molecule has 0 atom stereocenters. The summed E-state index contributed by atoms with van der Waals surface area (Å²) in [5, 5.41) is 4.02. The van der Waals surface area contributed by atoms with E-state index in [2.05, 4.69) is 51.5 Å². The number of amides is 1. The molecule has 1 saturated heterocycles. The van der Waals surface area contributed by atoms with Crippen molar-refractivity contribution in [2.24, 2.45) is 5.10 Å². The molecular weight excluding hydrogens is 312 g/mol. The molecule has 2 aromatic carbocycles. The number of benzene rings is 2. The number of nitrogens with one attached hydrogen (secondary N) is 1. The lowest BCUT2D eigenvalue weighted by Crippen LogP contribution is -2.49. The van der Waals surface area contributed by atoms with Gasteiger partial charge in [0.25, 0.3) is 5.91 Å². The van der Waals surface area contributed by atoms with Gasteiger partial charge in [-0.1, -0.05) is 48.0 Å². The second-order valence-electron chi connectivity index (χ2n) is 6.30. The fourth-order valence-electron chi connectivity index (χ4n) is 2.88. The minimum atomic E-state index is -0.0732. The van der Waals surface area contributed by atoms with Crippen molar-refractivity contribution in [3.8, 4) is 0 Å². The minimum absolute atomic E-state index is 0.0732. The Labute approximate surface area is 148 Å². The van der Waals surface area contributed by atoms with E-state index in [0.717, 1.165) is 31.7 Å². The van der Waals surface area contributed by atoms with Crippen LogP contribution in [0, 0.1) is 6.92 Å². The Morgan fingerprint density at radius 1 is 1.04 bits per heavy atom. The molecule has 1 aliphatic rings. The molecule has 1 fully saturated rings. The fourth-order valence-corrected chi connectivity index (χ4v) is 2.88. The first-order valence-corrected chi connectivity index (χ1v) is 8.61. The molecule has 5 nitrogen and oxygen atoms in total. The van der Waals surface area contributed by atoms with Crippen LogP contribution >= 0.6 is 0 Å². The first-order chi connectivity index (χ1) is 12.2. The summed E-state index contributed by atoms with van der Waals surface area (Å²) in [6.07, 6.45) is 1.66.